The quantitative estimate of drug-likeness (QED) is 0.485. The Labute approximate surface area is 59.7 Å². The average molecular weight is 141 g/mol. The van der Waals surface area contributed by atoms with Crippen LogP contribution in [0.3, 0.4) is 0 Å². The lowest BCUT2D eigenvalue weighted by Crippen LogP contribution is -2.43. The van der Waals surface area contributed by atoms with Crippen molar-refractivity contribution in [3.05, 3.63) is 0 Å². The van der Waals surface area contributed by atoms with E-state index in [2.05, 4.69) is 5.32 Å². The maximum absolute atomic E-state index is 11.1. The minimum Gasteiger partial charge on any atom is -0.464 e. The van der Waals surface area contributed by atoms with Crippen LogP contribution in [0.2, 0.25) is 0 Å². The van der Waals surface area contributed by atoms with Crippen molar-refractivity contribution < 1.29 is 9.53 Å². The number of esters is 1. The second-order valence-electron chi connectivity index (χ2n) is 3.00. The first-order valence-corrected chi connectivity index (χ1v) is 3.76. The van der Waals surface area contributed by atoms with Crippen LogP contribution in [-0.2, 0) is 9.53 Å². The number of nitrogens with one attached hydrogen (secondary N) is 1. The molecule has 1 atom stereocenters. The van der Waals surface area contributed by atoms with Crippen molar-refractivity contribution in [3.8, 4) is 0 Å². The third kappa shape index (κ3) is 0.669. The van der Waals surface area contributed by atoms with Gasteiger partial charge in [-0.05, 0) is 19.4 Å². The summed E-state index contributed by atoms with van der Waals surface area (Å²) in [4.78, 5) is 11.1. The van der Waals surface area contributed by atoms with E-state index in [1.54, 1.807) is 0 Å². The second kappa shape index (κ2) is 1.95. The van der Waals surface area contributed by atoms with Crippen molar-refractivity contribution >= 4 is 5.97 Å². The Bertz CT molecular complexity index is 155. The van der Waals surface area contributed by atoms with Crippen LogP contribution < -0.4 is 5.32 Å². The first kappa shape index (κ1) is 6.16. The topological polar surface area (TPSA) is 38.3 Å². The Morgan fingerprint density at radius 1 is 1.50 bits per heavy atom. The molecule has 3 heteroatoms. The maximum atomic E-state index is 11.1. The van der Waals surface area contributed by atoms with E-state index in [1.165, 1.54) is 0 Å². The fraction of sp³-hybridized carbons (Fsp3) is 0.857. The van der Waals surface area contributed by atoms with Gasteiger partial charge in [0.05, 0.1) is 6.61 Å². The highest BCUT2D eigenvalue weighted by Crippen LogP contribution is 2.28. The number of carbonyl (C=O) groups excluding carboxylic acids is 1. The van der Waals surface area contributed by atoms with Crippen LogP contribution in [-0.4, -0.2) is 24.7 Å². The van der Waals surface area contributed by atoms with E-state index in [9.17, 15) is 4.79 Å². The van der Waals surface area contributed by atoms with E-state index >= 15 is 0 Å². The number of cyclic esters (lactones) is 1. The lowest BCUT2D eigenvalue weighted by atomic mass is 9.96. The van der Waals surface area contributed by atoms with Gasteiger partial charge in [-0.1, -0.05) is 0 Å². The Balaban J connectivity index is 2.19. The minimum absolute atomic E-state index is 0.0370. The van der Waals surface area contributed by atoms with E-state index < -0.39 is 0 Å². The molecule has 0 saturated carbocycles. The standard InChI is InChI=1S/C7H11NO2/c9-6-7(3-5-10-6)2-1-4-8-7/h8H,1-5H2/t7-/m1/s1. The van der Waals surface area contributed by atoms with Crippen LogP contribution >= 0.6 is 0 Å². The van der Waals surface area contributed by atoms with E-state index in [0.717, 1.165) is 25.8 Å². The van der Waals surface area contributed by atoms with Gasteiger partial charge >= 0.3 is 5.97 Å². The van der Waals surface area contributed by atoms with Crippen LogP contribution in [0.4, 0.5) is 0 Å². The molecule has 1 N–H and O–H groups in total. The van der Waals surface area contributed by atoms with Gasteiger partial charge in [-0.3, -0.25) is 4.79 Å². The highest BCUT2D eigenvalue weighted by molar-refractivity contribution is 5.83. The van der Waals surface area contributed by atoms with Gasteiger partial charge in [0.1, 0.15) is 5.54 Å². The molecule has 10 heavy (non-hydrogen) atoms. The Kier molecular flexibility index (Phi) is 1.20. The molecule has 0 aromatic heterocycles. The molecule has 2 heterocycles. The van der Waals surface area contributed by atoms with Crippen LogP contribution in [0.15, 0.2) is 0 Å². The summed E-state index contributed by atoms with van der Waals surface area (Å²) >= 11 is 0. The number of carbonyl (C=O) groups is 1. The van der Waals surface area contributed by atoms with Gasteiger partial charge in [0.25, 0.3) is 0 Å². The SMILES string of the molecule is O=C1OCC[C@]12CCCN2. The van der Waals surface area contributed by atoms with Gasteiger partial charge in [-0.2, -0.15) is 0 Å². The van der Waals surface area contributed by atoms with Gasteiger partial charge in [0.15, 0.2) is 0 Å². The molecular formula is C7H11NO2. The van der Waals surface area contributed by atoms with Gasteiger partial charge in [-0.15, -0.1) is 0 Å². The molecule has 0 aliphatic carbocycles. The largest absolute Gasteiger partial charge is 0.464 e. The number of hydrogen-bond donors (Lipinski definition) is 1. The fourth-order valence-electron chi connectivity index (χ4n) is 1.75. The average Bonchev–Trinajstić information content (AvgIpc) is 2.48. The molecule has 56 valence electrons. The summed E-state index contributed by atoms with van der Waals surface area (Å²) in [6.07, 6.45) is 2.94. The van der Waals surface area contributed by atoms with E-state index in [4.69, 9.17) is 4.74 Å². The minimum atomic E-state index is -0.264. The summed E-state index contributed by atoms with van der Waals surface area (Å²) in [7, 11) is 0. The molecule has 2 aliphatic rings. The van der Waals surface area contributed by atoms with Gasteiger partial charge < -0.3 is 10.1 Å². The second-order valence-corrected chi connectivity index (χ2v) is 3.00. The zero-order valence-corrected chi connectivity index (χ0v) is 5.85. The molecule has 0 amide bonds. The molecule has 0 unspecified atom stereocenters. The molecule has 0 radical (unpaired) electrons. The Morgan fingerprint density at radius 2 is 2.40 bits per heavy atom. The number of hydrogen-bond acceptors (Lipinski definition) is 3. The molecule has 2 fully saturated rings. The molecule has 0 aromatic carbocycles. The fourth-order valence-corrected chi connectivity index (χ4v) is 1.75. The summed E-state index contributed by atoms with van der Waals surface area (Å²) in [5.74, 6) is -0.0370. The zero-order chi connectivity index (χ0) is 7.03. The molecule has 0 aromatic rings. The Hall–Kier alpha value is -0.570. The monoisotopic (exact) mass is 141 g/mol. The maximum Gasteiger partial charge on any atom is 0.326 e. The van der Waals surface area contributed by atoms with Crippen molar-refractivity contribution in [1.29, 1.82) is 0 Å². The molecule has 2 saturated heterocycles. The van der Waals surface area contributed by atoms with E-state index in [-0.39, 0.29) is 11.5 Å². The third-order valence-electron chi connectivity index (χ3n) is 2.40. The third-order valence-corrected chi connectivity index (χ3v) is 2.40. The molecule has 3 nitrogen and oxygen atoms in total. The van der Waals surface area contributed by atoms with Gasteiger partial charge in [0.2, 0.25) is 0 Å². The molecule has 2 rings (SSSR count). The predicted molar refractivity (Wildman–Crippen MR) is 35.5 cm³/mol. The summed E-state index contributed by atoms with van der Waals surface area (Å²) in [6.45, 7) is 1.57. The number of ether oxygens (including phenoxy) is 1. The van der Waals surface area contributed by atoms with Crippen LogP contribution in [0.25, 0.3) is 0 Å². The molecular weight excluding hydrogens is 130 g/mol. The van der Waals surface area contributed by atoms with Crippen molar-refractivity contribution in [1.82, 2.24) is 5.32 Å². The smallest absolute Gasteiger partial charge is 0.326 e. The lowest BCUT2D eigenvalue weighted by Gasteiger charge is -2.16. The molecule has 2 aliphatic heterocycles. The summed E-state index contributed by atoms with van der Waals surface area (Å²) in [6, 6.07) is 0. The normalized spacial score (nSPS) is 39.0. The van der Waals surface area contributed by atoms with E-state index in [1.807, 2.05) is 0 Å². The number of rotatable bonds is 0. The van der Waals surface area contributed by atoms with Gasteiger partial charge in [-0.25, -0.2) is 0 Å². The summed E-state index contributed by atoms with van der Waals surface area (Å²) in [5, 5.41) is 3.21. The van der Waals surface area contributed by atoms with Crippen molar-refractivity contribution in [2.24, 2.45) is 0 Å². The zero-order valence-electron chi connectivity index (χ0n) is 5.85. The first-order chi connectivity index (χ1) is 4.83. The predicted octanol–water partition coefficient (Wildman–Crippen LogP) is 0.0555. The van der Waals surface area contributed by atoms with E-state index in [0.29, 0.717) is 6.61 Å². The van der Waals surface area contributed by atoms with Crippen molar-refractivity contribution in [2.75, 3.05) is 13.2 Å². The van der Waals surface area contributed by atoms with Crippen LogP contribution in [0.1, 0.15) is 19.3 Å². The molecule has 0 bridgehead atoms. The molecule has 1 spiro atoms. The Morgan fingerprint density at radius 3 is 2.90 bits per heavy atom. The lowest BCUT2D eigenvalue weighted by molar-refractivity contribution is -0.142. The van der Waals surface area contributed by atoms with Crippen LogP contribution in [0.5, 0.6) is 0 Å². The first-order valence-electron chi connectivity index (χ1n) is 3.76. The van der Waals surface area contributed by atoms with Crippen molar-refractivity contribution in [2.45, 2.75) is 24.8 Å². The summed E-state index contributed by atoms with van der Waals surface area (Å²) < 4.78 is 4.89. The highest BCUT2D eigenvalue weighted by atomic mass is 16.5. The summed E-state index contributed by atoms with van der Waals surface area (Å²) in [5.41, 5.74) is -0.264. The van der Waals surface area contributed by atoms with Crippen LogP contribution in [0, 0.1) is 0 Å². The highest BCUT2D eigenvalue weighted by Gasteiger charge is 2.46. The van der Waals surface area contributed by atoms with Gasteiger partial charge in [0, 0.05) is 6.42 Å². The van der Waals surface area contributed by atoms with Crippen molar-refractivity contribution in [3.63, 3.8) is 0 Å².